The highest BCUT2D eigenvalue weighted by molar-refractivity contribution is 7.11. The van der Waals surface area contributed by atoms with Crippen molar-refractivity contribution >= 4 is 40.1 Å². The van der Waals surface area contributed by atoms with Gasteiger partial charge in [-0.3, -0.25) is 9.59 Å². The molecular weight excluding hydrogens is 412 g/mol. The van der Waals surface area contributed by atoms with Crippen molar-refractivity contribution in [2.24, 2.45) is 0 Å². The van der Waals surface area contributed by atoms with Crippen LogP contribution in [0.1, 0.15) is 11.8 Å². The van der Waals surface area contributed by atoms with E-state index in [2.05, 4.69) is 0 Å². The average molecular weight is 435 g/mol. The molecule has 0 saturated carbocycles. The number of nitrogens with zero attached hydrogens (tertiary/aromatic N) is 2. The zero-order valence-electron chi connectivity index (χ0n) is 17.5. The smallest absolute Gasteiger partial charge is 0.282 e. The third-order valence-corrected chi connectivity index (χ3v) is 6.00. The first kappa shape index (κ1) is 20.7. The summed E-state index contributed by atoms with van der Waals surface area (Å²) in [6.07, 6.45) is 0. The van der Waals surface area contributed by atoms with Gasteiger partial charge in [-0.1, -0.05) is 24.3 Å². The number of benzene rings is 2. The van der Waals surface area contributed by atoms with Gasteiger partial charge >= 0.3 is 0 Å². The molecule has 0 spiro atoms. The number of methoxy groups -OCH3 is 2. The molecule has 6 nitrogen and oxygen atoms in total. The molecule has 0 bridgehead atoms. The number of thiophene rings is 1. The van der Waals surface area contributed by atoms with E-state index in [0.29, 0.717) is 35.0 Å². The van der Waals surface area contributed by atoms with Crippen molar-refractivity contribution < 1.29 is 19.1 Å². The molecule has 0 fully saturated rings. The normalized spacial score (nSPS) is 13.7. The fraction of sp³-hybridized carbons (Fsp3) is 0.167. The van der Waals surface area contributed by atoms with Crippen molar-refractivity contribution in [3.8, 4) is 11.5 Å². The molecule has 2 heterocycles. The minimum absolute atomic E-state index is 0.352. The predicted octanol–water partition coefficient (Wildman–Crippen LogP) is 4.58. The van der Waals surface area contributed by atoms with Gasteiger partial charge in [0.15, 0.2) is 0 Å². The van der Waals surface area contributed by atoms with Crippen molar-refractivity contribution in [2.45, 2.75) is 6.92 Å². The second-order valence-electron chi connectivity index (χ2n) is 6.76. The Balaban J connectivity index is 1.90. The molecule has 4 rings (SSSR count). The molecule has 1 aliphatic rings. The Morgan fingerprint density at radius 1 is 0.935 bits per heavy atom. The summed E-state index contributed by atoms with van der Waals surface area (Å²) in [5.74, 6) is 0.156. The van der Waals surface area contributed by atoms with Gasteiger partial charge in [-0.25, -0.2) is 4.90 Å². The molecule has 1 aromatic heterocycles. The lowest BCUT2D eigenvalue weighted by Crippen LogP contribution is -2.35. The van der Waals surface area contributed by atoms with Gasteiger partial charge < -0.3 is 14.4 Å². The number of ether oxygens (including phenoxy) is 2. The van der Waals surface area contributed by atoms with Crippen LogP contribution in [-0.4, -0.2) is 32.6 Å². The summed E-state index contributed by atoms with van der Waals surface area (Å²) in [6.45, 7) is 2.48. The summed E-state index contributed by atoms with van der Waals surface area (Å²) >= 11 is 1.43. The van der Waals surface area contributed by atoms with E-state index in [0.717, 1.165) is 10.6 Å². The van der Waals surface area contributed by atoms with E-state index < -0.39 is 5.91 Å². The van der Waals surface area contributed by atoms with Gasteiger partial charge in [0, 0.05) is 23.2 Å². The number of imide groups is 1. The van der Waals surface area contributed by atoms with Gasteiger partial charge in [-0.15, -0.1) is 11.3 Å². The summed E-state index contributed by atoms with van der Waals surface area (Å²) in [5.41, 5.74) is 1.93. The summed E-state index contributed by atoms with van der Waals surface area (Å²) in [7, 11) is 3.04. The third-order valence-electron chi connectivity index (χ3n) is 5.11. The molecule has 0 unspecified atom stereocenters. The van der Waals surface area contributed by atoms with Gasteiger partial charge in [-0.2, -0.15) is 0 Å². The highest BCUT2D eigenvalue weighted by Gasteiger charge is 2.44. The maximum absolute atomic E-state index is 13.8. The lowest BCUT2D eigenvalue weighted by molar-refractivity contribution is -0.120. The van der Waals surface area contributed by atoms with Crippen molar-refractivity contribution in [2.75, 3.05) is 30.6 Å². The van der Waals surface area contributed by atoms with Crippen LogP contribution in [0.4, 0.5) is 11.4 Å². The Kier molecular flexibility index (Phi) is 5.77. The Bertz CT molecular complexity index is 1140. The van der Waals surface area contributed by atoms with Crippen LogP contribution in [0.15, 0.2) is 71.7 Å². The van der Waals surface area contributed by atoms with E-state index in [1.54, 1.807) is 18.2 Å². The van der Waals surface area contributed by atoms with Crippen LogP contribution in [0.3, 0.4) is 0 Å². The Labute approximate surface area is 184 Å². The standard InChI is InChI=1S/C24H22N2O4S/c1-4-25(16-9-6-5-7-10-16)22-21(20-11-8-14-31-20)23(27)26(24(22)28)18-15-17(29-2)12-13-19(18)30-3/h5-15H,4H2,1-3H3. The fourth-order valence-electron chi connectivity index (χ4n) is 3.68. The quantitative estimate of drug-likeness (QED) is 0.510. The summed E-state index contributed by atoms with van der Waals surface area (Å²) < 4.78 is 10.8. The number of para-hydroxylation sites is 1. The zero-order valence-corrected chi connectivity index (χ0v) is 18.3. The largest absolute Gasteiger partial charge is 0.497 e. The van der Waals surface area contributed by atoms with Crippen molar-refractivity contribution in [1.29, 1.82) is 0 Å². The number of rotatable bonds is 7. The van der Waals surface area contributed by atoms with Gasteiger partial charge in [0.25, 0.3) is 11.8 Å². The Hall–Kier alpha value is -3.58. The fourth-order valence-corrected chi connectivity index (χ4v) is 4.44. The van der Waals surface area contributed by atoms with Crippen LogP contribution in [0.25, 0.3) is 5.57 Å². The first-order chi connectivity index (χ1) is 15.1. The zero-order chi connectivity index (χ0) is 22.0. The monoisotopic (exact) mass is 434 g/mol. The van der Waals surface area contributed by atoms with Crippen LogP contribution >= 0.6 is 11.3 Å². The number of likely N-dealkylation sites (N-methyl/N-ethyl adjacent to an activating group) is 1. The Morgan fingerprint density at radius 3 is 2.32 bits per heavy atom. The minimum atomic E-state index is -0.398. The maximum atomic E-state index is 13.8. The van der Waals surface area contributed by atoms with Crippen LogP contribution in [0.5, 0.6) is 11.5 Å². The predicted molar refractivity (Wildman–Crippen MR) is 123 cm³/mol. The third kappa shape index (κ3) is 3.57. The van der Waals surface area contributed by atoms with E-state index in [-0.39, 0.29) is 5.91 Å². The highest BCUT2D eigenvalue weighted by atomic mass is 32.1. The summed E-state index contributed by atoms with van der Waals surface area (Å²) in [4.78, 5) is 31.3. The molecule has 3 aromatic rings. The second-order valence-corrected chi connectivity index (χ2v) is 7.71. The van der Waals surface area contributed by atoms with Crippen molar-refractivity contribution in [3.63, 3.8) is 0 Å². The van der Waals surface area contributed by atoms with Crippen LogP contribution in [0, 0.1) is 0 Å². The van der Waals surface area contributed by atoms with Crippen LogP contribution < -0.4 is 19.3 Å². The molecule has 0 aliphatic carbocycles. The van der Waals surface area contributed by atoms with E-state index in [1.165, 1.54) is 30.5 Å². The number of amides is 2. The molecular formula is C24H22N2O4S. The first-order valence-corrected chi connectivity index (χ1v) is 10.7. The second kappa shape index (κ2) is 8.65. The number of hydrogen-bond acceptors (Lipinski definition) is 6. The molecule has 1 aliphatic heterocycles. The molecule has 0 radical (unpaired) electrons. The number of anilines is 2. The first-order valence-electron chi connectivity index (χ1n) is 9.82. The minimum Gasteiger partial charge on any atom is -0.497 e. The summed E-state index contributed by atoms with van der Waals surface area (Å²) in [6, 6.07) is 18.4. The molecule has 158 valence electrons. The Morgan fingerprint density at radius 2 is 1.71 bits per heavy atom. The van der Waals surface area contributed by atoms with E-state index in [1.807, 2.05) is 59.7 Å². The molecule has 2 amide bonds. The average Bonchev–Trinajstić information content (AvgIpc) is 3.41. The molecule has 0 N–H and O–H groups in total. The SMILES string of the molecule is CCN(C1=C(c2cccs2)C(=O)N(c2cc(OC)ccc2OC)C1=O)c1ccccc1. The lowest BCUT2D eigenvalue weighted by atomic mass is 10.1. The van der Waals surface area contributed by atoms with Crippen molar-refractivity contribution in [1.82, 2.24) is 0 Å². The molecule has 2 aromatic carbocycles. The lowest BCUT2D eigenvalue weighted by Gasteiger charge is -2.25. The maximum Gasteiger partial charge on any atom is 0.282 e. The molecule has 0 atom stereocenters. The number of hydrogen-bond donors (Lipinski definition) is 0. The van der Waals surface area contributed by atoms with Gasteiger partial charge in [-0.05, 0) is 42.6 Å². The topological polar surface area (TPSA) is 59.1 Å². The van der Waals surface area contributed by atoms with Gasteiger partial charge in [0.05, 0.1) is 25.5 Å². The van der Waals surface area contributed by atoms with Gasteiger partial charge in [0.2, 0.25) is 0 Å². The highest BCUT2D eigenvalue weighted by Crippen LogP contribution is 2.42. The van der Waals surface area contributed by atoms with Gasteiger partial charge in [0.1, 0.15) is 17.2 Å². The molecule has 31 heavy (non-hydrogen) atoms. The molecule has 7 heteroatoms. The number of carbonyl (C=O) groups is 2. The van der Waals surface area contributed by atoms with E-state index >= 15 is 0 Å². The molecule has 0 saturated heterocycles. The van der Waals surface area contributed by atoms with E-state index in [4.69, 9.17) is 9.47 Å². The van der Waals surface area contributed by atoms with E-state index in [9.17, 15) is 9.59 Å². The van der Waals surface area contributed by atoms with Crippen LogP contribution in [-0.2, 0) is 9.59 Å². The summed E-state index contributed by atoms with van der Waals surface area (Å²) in [5, 5.41) is 1.89. The number of carbonyl (C=O) groups excluding carboxylic acids is 2. The van der Waals surface area contributed by atoms with Crippen molar-refractivity contribution in [3.05, 3.63) is 76.6 Å². The van der Waals surface area contributed by atoms with Crippen LogP contribution in [0.2, 0.25) is 0 Å².